The highest BCUT2D eigenvalue weighted by molar-refractivity contribution is 7.89. The molecule has 1 aliphatic heterocycles. The third-order valence-electron chi connectivity index (χ3n) is 3.99. The predicted molar refractivity (Wildman–Crippen MR) is 87.3 cm³/mol. The number of benzene rings is 2. The minimum atomic E-state index is -3.47. The molecule has 0 radical (unpaired) electrons. The zero-order valence-electron chi connectivity index (χ0n) is 12.5. The second-order valence-corrected chi connectivity index (χ2v) is 7.39. The molecule has 1 heterocycles. The molecule has 22 heavy (non-hydrogen) atoms. The van der Waals surface area contributed by atoms with E-state index < -0.39 is 10.0 Å². The number of rotatable bonds is 4. The van der Waals surface area contributed by atoms with Crippen LogP contribution in [0.1, 0.15) is 22.7 Å². The number of sulfonamides is 1. The molecule has 2 aromatic carbocycles. The van der Waals surface area contributed by atoms with Crippen molar-refractivity contribution in [3.8, 4) is 0 Å². The summed E-state index contributed by atoms with van der Waals surface area (Å²) in [4.78, 5) is 0.316. The fourth-order valence-electron chi connectivity index (χ4n) is 2.83. The molecule has 0 fully saturated rings. The second-order valence-electron chi connectivity index (χ2n) is 5.62. The van der Waals surface area contributed by atoms with E-state index in [1.165, 1.54) is 11.1 Å². The number of aryl methyl sites for hydroxylation is 1. The Morgan fingerprint density at radius 1 is 1.18 bits per heavy atom. The first-order valence-electron chi connectivity index (χ1n) is 7.44. The largest absolute Gasteiger partial charge is 0.308 e. The van der Waals surface area contributed by atoms with Crippen molar-refractivity contribution in [2.75, 3.05) is 13.1 Å². The summed E-state index contributed by atoms with van der Waals surface area (Å²) in [6.07, 6.45) is 0.983. The number of nitrogens with one attached hydrogen (secondary N) is 2. The van der Waals surface area contributed by atoms with E-state index in [0.717, 1.165) is 18.5 Å². The molecule has 0 saturated heterocycles. The van der Waals surface area contributed by atoms with Gasteiger partial charge in [-0.15, -0.1) is 0 Å². The van der Waals surface area contributed by atoms with Crippen molar-refractivity contribution in [1.29, 1.82) is 0 Å². The predicted octanol–water partition coefficient (Wildman–Crippen LogP) is 2.16. The van der Waals surface area contributed by atoms with Crippen LogP contribution in [-0.4, -0.2) is 21.5 Å². The van der Waals surface area contributed by atoms with Crippen molar-refractivity contribution in [2.24, 2.45) is 0 Å². The summed E-state index contributed by atoms with van der Waals surface area (Å²) in [5.41, 5.74) is 3.41. The van der Waals surface area contributed by atoms with Gasteiger partial charge < -0.3 is 5.32 Å². The van der Waals surface area contributed by atoms with Crippen LogP contribution < -0.4 is 10.0 Å². The SMILES string of the molecule is Cc1cccc(S(=O)(=O)NCC2NCCc3ccccc32)c1. The van der Waals surface area contributed by atoms with Gasteiger partial charge in [-0.05, 0) is 48.7 Å². The van der Waals surface area contributed by atoms with Crippen LogP contribution in [0.3, 0.4) is 0 Å². The summed E-state index contributed by atoms with van der Waals surface area (Å²) >= 11 is 0. The topological polar surface area (TPSA) is 58.2 Å². The van der Waals surface area contributed by atoms with Gasteiger partial charge in [-0.2, -0.15) is 0 Å². The molecule has 0 saturated carbocycles. The Bertz CT molecular complexity index is 772. The van der Waals surface area contributed by atoms with Crippen LogP contribution in [-0.2, 0) is 16.4 Å². The van der Waals surface area contributed by atoms with Gasteiger partial charge in [-0.3, -0.25) is 0 Å². The van der Waals surface area contributed by atoms with Crippen LogP contribution in [0.25, 0.3) is 0 Å². The van der Waals surface area contributed by atoms with Crippen LogP contribution in [0.4, 0.5) is 0 Å². The lowest BCUT2D eigenvalue weighted by molar-refractivity contribution is 0.491. The van der Waals surface area contributed by atoms with Gasteiger partial charge in [-0.1, -0.05) is 36.4 Å². The van der Waals surface area contributed by atoms with E-state index in [-0.39, 0.29) is 6.04 Å². The maximum atomic E-state index is 12.4. The van der Waals surface area contributed by atoms with E-state index in [9.17, 15) is 8.42 Å². The zero-order chi connectivity index (χ0) is 15.6. The molecule has 3 rings (SSSR count). The Labute approximate surface area is 131 Å². The molecule has 1 aliphatic rings. The number of hydrogen-bond acceptors (Lipinski definition) is 3. The molecule has 2 aromatic rings. The number of hydrogen-bond donors (Lipinski definition) is 2. The fraction of sp³-hybridized carbons (Fsp3) is 0.294. The summed E-state index contributed by atoms with van der Waals surface area (Å²) in [5.74, 6) is 0. The van der Waals surface area contributed by atoms with Gasteiger partial charge in [0.15, 0.2) is 0 Å². The standard InChI is InChI=1S/C17H20N2O2S/c1-13-5-4-7-15(11-13)22(20,21)19-12-17-16-8-3-2-6-14(16)9-10-18-17/h2-8,11,17-19H,9-10,12H2,1H3. The van der Waals surface area contributed by atoms with Crippen molar-refractivity contribution in [2.45, 2.75) is 24.3 Å². The molecule has 5 heteroatoms. The van der Waals surface area contributed by atoms with E-state index >= 15 is 0 Å². The van der Waals surface area contributed by atoms with Gasteiger partial charge in [0.05, 0.1) is 4.90 Å². The molecule has 2 N–H and O–H groups in total. The first kappa shape index (κ1) is 15.2. The first-order chi connectivity index (χ1) is 10.6. The minimum absolute atomic E-state index is 0.0181. The zero-order valence-corrected chi connectivity index (χ0v) is 13.4. The van der Waals surface area contributed by atoms with E-state index in [2.05, 4.69) is 22.2 Å². The molecule has 4 nitrogen and oxygen atoms in total. The molecule has 1 atom stereocenters. The molecule has 0 amide bonds. The second kappa shape index (κ2) is 6.20. The third-order valence-corrected chi connectivity index (χ3v) is 5.41. The van der Waals surface area contributed by atoms with Crippen LogP contribution in [0, 0.1) is 6.92 Å². The maximum Gasteiger partial charge on any atom is 0.240 e. The lowest BCUT2D eigenvalue weighted by Gasteiger charge is -2.27. The summed E-state index contributed by atoms with van der Waals surface area (Å²) < 4.78 is 27.5. The van der Waals surface area contributed by atoms with Gasteiger partial charge >= 0.3 is 0 Å². The summed E-state index contributed by atoms with van der Waals surface area (Å²) in [7, 11) is -3.47. The average Bonchev–Trinajstić information content (AvgIpc) is 2.53. The van der Waals surface area contributed by atoms with Crippen LogP contribution >= 0.6 is 0 Å². The molecule has 0 aliphatic carbocycles. The highest BCUT2D eigenvalue weighted by Gasteiger charge is 2.22. The first-order valence-corrected chi connectivity index (χ1v) is 8.92. The van der Waals surface area contributed by atoms with Gasteiger partial charge in [0.25, 0.3) is 0 Å². The molecule has 116 valence electrons. The van der Waals surface area contributed by atoms with Crippen molar-refractivity contribution < 1.29 is 8.42 Å². The van der Waals surface area contributed by atoms with Gasteiger partial charge in [0.1, 0.15) is 0 Å². The van der Waals surface area contributed by atoms with Crippen molar-refractivity contribution in [3.63, 3.8) is 0 Å². The summed E-state index contributed by atoms with van der Waals surface area (Å²) in [6, 6.07) is 15.2. The molecule has 1 unspecified atom stereocenters. The highest BCUT2D eigenvalue weighted by atomic mass is 32.2. The Morgan fingerprint density at radius 3 is 2.82 bits per heavy atom. The Hall–Kier alpha value is -1.69. The molecule has 0 bridgehead atoms. The average molecular weight is 316 g/mol. The van der Waals surface area contributed by atoms with E-state index in [4.69, 9.17) is 0 Å². The molecule has 0 spiro atoms. The molecular formula is C17H20N2O2S. The van der Waals surface area contributed by atoms with E-state index in [0.29, 0.717) is 11.4 Å². The third kappa shape index (κ3) is 3.21. The van der Waals surface area contributed by atoms with Crippen LogP contribution in [0.15, 0.2) is 53.4 Å². The molecular weight excluding hydrogens is 296 g/mol. The van der Waals surface area contributed by atoms with E-state index in [1.54, 1.807) is 18.2 Å². The minimum Gasteiger partial charge on any atom is -0.308 e. The lowest BCUT2D eigenvalue weighted by Crippen LogP contribution is -2.38. The maximum absolute atomic E-state index is 12.4. The number of fused-ring (bicyclic) bond motifs is 1. The fourth-order valence-corrected chi connectivity index (χ4v) is 3.99. The molecule has 0 aromatic heterocycles. The van der Waals surface area contributed by atoms with Crippen LogP contribution in [0.2, 0.25) is 0 Å². The quantitative estimate of drug-likeness (QED) is 0.909. The van der Waals surface area contributed by atoms with Gasteiger partial charge in [0, 0.05) is 12.6 Å². The Morgan fingerprint density at radius 2 is 2.00 bits per heavy atom. The van der Waals surface area contributed by atoms with Crippen LogP contribution in [0.5, 0.6) is 0 Å². The summed E-state index contributed by atoms with van der Waals surface area (Å²) in [6.45, 7) is 3.11. The highest BCUT2D eigenvalue weighted by Crippen LogP contribution is 2.22. The van der Waals surface area contributed by atoms with E-state index in [1.807, 2.05) is 25.1 Å². The van der Waals surface area contributed by atoms with Crippen molar-refractivity contribution in [3.05, 3.63) is 65.2 Å². The Balaban J connectivity index is 1.76. The van der Waals surface area contributed by atoms with Gasteiger partial charge in [0.2, 0.25) is 10.0 Å². The lowest BCUT2D eigenvalue weighted by atomic mass is 9.95. The van der Waals surface area contributed by atoms with Crippen molar-refractivity contribution in [1.82, 2.24) is 10.0 Å². The summed E-state index contributed by atoms with van der Waals surface area (Å²) in [5, 5.41) is 3.38. The normalized spacial score (nSPS) is 18.0. The monoisotopic (exact) mass is 316 g/mol. The Kier molecular flexibility index (Phi) is 4.29. The van der Waals surface area contributed by atoms with Gasteiger partial charge in [-0.25, -0.2) is 13.1 Å². The smallest absolute Gasteiger partial charge is 0.240 e. The van der Waals surface area contributed by atoms with Crippen molar-refractivity contribution >= 4 is 10.0 Å².